The molecule has 1 aromatic heterocycles. The monoisotopic (exact) mass is 437 g/mol. The summed E-state index contributed by atoms with van der Waals surface area (Å²) in [7, 11) is 1.38. The summed E-state index contributed by atoms with van der Waals surface area (Å²) in [5.74, 6) is 4.38. The van der Waals surface area contributed by atoms with Gasteiger partial charge < -0.3 is 15.3 Å². The average Bonchev–Trinajstić information content (AvgIpc) is 2.81. The van der Waals surface area contributed by atoms with Gasteiger partial charge in [0.1, 0.15) is 12.3 Å². The summed E-state index contributed by atoms with van der Waals surface area (Å²) in [5.41, 5.74) is 2.59. The van der Waals surface area contributed by atoms with Crippen LogP contribution >= 0.6 is 0 Å². The first kappa shape index (κ1) is 26.5. The van der Waals surface area contributed by atoms with Crippen LogP contribution in [0.3, 0.4) is 0 Å². The number of benzene rings is 1. The number of rotatable bonds is 9. The molecule has 0 saturated carbocycles. The van der Waals surface area contributed by atoms with Gasteiger partial charge in [0.05, 0.1) is 11.9 Å². The number of nitrogens with one attached hydrogen (secondary N) is 1. The zero-order valence-corrected chi connectivity index (χ0v) is 18.0. The highest BCUT2D eigenvalue weighted by Crippen LogP contribution is 2.12. The number of likely N-dealkylation sites (N-methyl/N-ethyl adjacent to an activating group) is 1. The van der Waals surface area contributed by atoms with Gasteiger partial charge in [0, 0.05) is 31.1 Å². The molecule has 1 heterocycles. The van der Waals surface area contributed by atoms with E-state index in [0.717, 1.165) is 23.6 Å². The Balaban J connectivity index is 0.00000512. The smallest absolute Gasteiger partial charge is 0.254 e. The maximum Gasteiger partial charge on any atom is 0.254 e. The number of hydrogen-bond donors (Lipinski definition) is 2. The molecule has 0 fully saturated rings. The van der Waals surface area contributed by atoms with E-state index in [0.29, 0.717) is 16.8 Å². The van der Waals surface area contributed by atoms with Gasteiger partial charge in [0.2, 0.25) is 0 Å². The predicted octanol–water partition coefficient (Wildman–Crippen LogP) is 2.92. The molecule has 1 atom stereocenters. The third kappa shape index (κ3) is 7.03. The number of Topliss-reactive ketones (excluding diaryl/α,β-unsaturated/α-hetero) is 2. The summed E-state index contributed by atoms with van der Waals surface area (Å²) in [5, 5.41) is 12.4. The summed E-state index contributed by atoms with van der Waals surface area (Å²) in [6, 6.07) is 9.02. The number of hydrogen-bond acceptors (Lipinski definition) is 6. The second-order valence-corrected chi connectivity index (χ2v) is 6.95. The van der Waals surface area contributed by atoms with E-state index in [1.165, 1.54) is 7.05 Å². The number of aromatic nitrogens is 1. The van der Waals surface area contributed by atoms with Gasteiger partial charge in [-0.25, -0.2) is 4.98 Å². The number of carbonyl (C=O) groups is 3. The van der Waals surface area contributed by atoms with E-state index in [2.05, 4.69) is 29.1 Å². The van der Waals surface area contributed by atoms with Crippen molar-refractivity contribution in [3.8, 4) is 11.8 Å². The van der Waals surface area contributed by atoms with Gasteiger partial charge in [-0.15, -0.1) is 0 Å². The normalized spacial score (nSPS) is 10.8. The maximum atomic E-state index is 12.7. The fourth-order valence-corrected chi connectivity index (χ4v) is 2.89. The van der Waals surface area contributed by atoms with Gasteiger partial charge in [-0.1, -0.05) is 27.2 Å². The Morgan fingerprint density at radius 1 is 1.06 bits per heavy atom. The van der Waals surface area contributed by atoms with Crippen molar-refractivity contribution in [2.24, 2.45) is 0 Å². The Labute approximate surface area is 189 Å². The topological polar surface area (TPSA) is 99.6 Å². The van der Waals surface area contributed by atoms with Crippen LogP contribution in [0, 0.1) is 11.8 Å². The minimum atomic E-state index is -1.29. The average molecular weight is 438 g/mol. The number of aliphatic hydroxyl groups is 1. The van der Waals surface area contributed by atoms with Crippen LogP contribution in [0.1, 0.15) is 55.7 Å². The number of amides is 1. The zero-order valence-electron chi connectivity index (χ0n) is 18.0. The molecule has 7 nitrogen and oxygen atoms in total. The highest BCUT2D eigenvalue weighted by molar-refractivity contribution is 6.10. The van der Waals surface area contributed by atoms with Crippen molar-refractivity contribution in [3.05, 3.63) is 59.4 Å². The van der Waals surface area contributed by atoms with Gasteiger partial charge in [-0.2, -0.15) is 0 Å². The standard InChI is InChI=1S/C24H27N3O4.CH4/c1-4-14-25-20-13-12-19(26-15-20)11-8-17-6-9-18(10-7-17)24(31)27(3)23(21(29)5-2)22(30)16-28;/h6-7,9-10,12-13,15,23,25,28H,4-5,14,16H2,1-3H3;1H4. The van der Waals surface area contributed by atoms with Gasteiger partial charge >= 0.3 is 0 Å². The molecule has 0 saturated heterocycles. The lowest BCUT2D eigenvalue weighted by molar-refractivity contribution is -0.134. The van der Waals surface area contributed by atoms with Crippen molar-refractivity contribution in [1.82, 2.24) is 9.88 Å². The molecule has 0 aliphatic heterocycles. The van der Waals surface area contributed by atoms with Crippen molar-refractivity contribution < 1.29 is 19.5 Å². The molecule has 7 heteroatoms. The molecule has 1 unspecified atom stereocenters. The van der Waals surface area contributed by atoms with Gasteiger partial charge in [-0.3, -0.25) is 14.4 Å². The van der Waals surface area contributed by atoms with Crippen LogP contribution in [0.4, 0.5) is 5.69 Å². The van der Waals surface area contributed by atoms with Crippen LogP contribution in [-0.2, 0) is 9.59 Å². The fraction of sp³-hybridized carbons (Fsp3) is 0.360. The SMILES string of the molecule is C.CCCNc1ccc(C#Cc2ccc(C(=O)N(C)C(C(=O)CC)C(=O)CO)cc2)nc1. The number of ketones is 2. The van der Waals surface area contributed by atoms with E-state index in [9.17, 15) is 14.4 Å². The summed E-state index contributed by atoms with van der Waals surface area (Å²) < 4.78 is 0. The zero-order chi connectivity index (χ0) is 22.8. The Hall–Kier alpha value is -3.50. The van der Waals surface area contributed by atoms with Crippen LogP contribution in [0.15, 0.2) is 42.6 Å². The third-order valence-electron chi connectivity index (χ3n) is 4.63. The molecule has 170 valence electrons. The molecular formula is C25H31N3O4. The van der Waals surface area contributed by atoms with Crippen LogP contribution in [0.2, 0.25) is 0 Å². The Bertz CT molecular complexity index is 957. The molecular weight excluding hydrogens is 406 g/mol. The number of nitrogens with zero attached hydrogens (tertiary/aromatic N) is 2. The maximum absolute atomic E-state index is 12.7. The van der Waals surface area contributed by atoms with E-state index >= 15 is 0 Å². The van der Waals surface area contributed by atoms with E-state index in [-0.39, 0.29) is 13.8 Å². The van der Waals surface area contributed by atoms with Crippen molar-refractivity contribution in [1.29, 1.82) is 0 Å². The number of aliphatic hydroxyl groups excluding tert-OH is 1. The quantitative estimate of drug-likeness (QED) is 0.462. The minimum Gasteiger partial charge on any atom is -0.388 e. The first-order valence-corrected chi connectivity index (χ1v) is 10.2. The van der Waals surface area contributed by atoms with E-state index in [1.807, 2.05) is 12.1 Å². The number of anilines is 1. The van der Waals surface area contributed by atoms with E-state index < -0.39 is 30.1 Å². The second kappa shape index (κ2) is 13.0. The van der Waals surface area contributed by atoms with Gasteiger partial charge in [0.15, 0.2) is 17.6 Å². The molecule has 2 aromatic rings. The minimum absolute atomic E-state index is 0. The van der Waals surface area contributed by atoms with E-state index in [1.54, 1.807) is 37.4 Å². The Morgan fingerprint density at radius 3 is 2.28 bits per heavy atom. The summed E-state index contributed by atoms with van der Waals surface area (Å²) >= 11 is 0. The van der Waals surface area contributed by atoms with Crippen LogP contribution in [-0.4, -0.2) is 58.7 Å². The lowest BCUT2D eigenvalue weighted by Crippen LogP contribution is -2.48. The highest BCUT2D eigenvalue weighted by Gasteiger charge is 2.32. The van der Waals surface area contributed by atoms with Crippen LogP contribution < -0.4 is 5.32 Å². The predicted molar refractivity (Wildman–Crippen MR) is 125 cm³/mol. The molecule has 0 radical (unpaired) electrons. The Kier molecular flexibility index (Phi) is 10.8. The molecule has 0 bridgehead atoms. The van der Waals surface area contributed by atoms with Crippen LogP contribution in [0.25, 0.3) is 0 Å². The summed E-state index contributed by atoms with van der Waals surface area (Å²) in [6.07, 6.45) is 2.86. The molecule has 2 N–H and O–H groups in total. The third-order valence-corrected chi connectivity index (χ3v) is 4.63. The van der Waals surface area contributed by atoms with Crippen molar-refractivity contribution >= 4 is 23.2 Å². The van der Waals surface area contributed by atoms with Crippen LogP contribution in [0.5, 0.6) is 0 Å². The molecule has 0 spiro atoms. The Morgan fingerprint density at radius 2 is 1.75 bits per heavy atom. The van der Waals surface area contributed by atoms with Crippen molar-refractivity contribution in [3.63, 3.8) is 0 Å². The highest BCUT2D eigenvalue weighted by atomic mass is 16.3. The van der Waals surface area contributed by atoms with Crippen molar-refractivity contribution in [2.75, 3.05) is 25.5 Å². The van der Waals surface area contributed by atoms with Gasteiger partial charge in [0.25, 0.3) is 5.91 Å². The van der Waals surface area contributed by atoms with Crippen molar-refractivity contribution in [2.45, 2.75) is 40.2 Å². The second-order valence-electron chi connectivity index (χ2n) is 6.95. The van der Waals surface area contributed by atoms with E-state index in [4.69, 9.17) is 5.11 Å². The fourth-order valence-electron chi connectivity index (χ4n) is 2.89. The summed E-state index contributed by atoms with van der Waals surface area (Å²) in [6.45, 7) is 3.78. The number of pyridine rings is 1. The largest absolute Gasteiger partial charge is 0.388 e. The number of carbonyl (C=O) groups excluding carboxylic acids is 3. The molecule has 0 aliphatic carbocycles. The molecule has 32 heavy (non-hydrogen) atoms. The molecule has 2 rings (SSSR count). The van der Waals surface area contributed by atoms with Gasteiger partial charge in [-0.05, 0) is 48.7 Å². The first-order valence-electron chi connectivity index (χ1n) is 10.2. The lowest BCUT2D eigenvalue weighted by atomic mass is 10.0. The molecule has 0 aliphatic rings. The molecule has 1 aromatic carbocycles. The molecule has 1 amide bonds. The summed E-state index contributed by atoms with van der Waals surface area (Å²) in [4.78, 5) is 42.1. The first-order chi connectivity index (χ1) is 14.9. The lowest BCUT2D eigenvalue weighted by Gasteiger charge is -2.25.